The van der Waals surface area contributed by atoms with Crippen molar-refractivity contribution >= 4 is 10.4 Å². The summed E-state index contributed by atoms with van der Waals surface area (Å²) in [6.07, 6.45) is 3.54. The Morgan fingerprint density at radius 3 is 1.39 bits per heavy atom. The van der Waals surface area contributed by atoms with Crippen molar-refractivity contribution in [1.29, 1.82) is 0 Å². The van der Waals surface area contributed by atoms with E-state index in [2.05, 4.69) is 9.97 Å². The molecule has 2 rings (SSSR count). The molecule has 0 bridgehead atoms. The van der Waals surface area contributed by atoms with E-state index in [0.29, 0.717) is 0 Å². The molecule has 0 aliphatic carbocycles. The van der Waals surface area contributed by atoms with E-state index in [9.17, 15) is 0 Å². The van der Waals surface area contributed by atoms with Gasteiger partial charge in [-0.2, -0.15) is 0 Å². The smallest absolute Gasteiger partial charge is 0.759 e. The molecule has 2 aromatic rings. The molecule has 0 aromatic carbocycles. The van der Waals surface area contributed by atoms with Crippen LogP contribution in [0.4, 0.5) is 0 Å². The molecule has 0 aliphatic heterocycles. The molecule has 2 aromatic heterocycles. The number of hydrogen-bond donors (Lipinski definition) is 0. The fourth-order valence-corrected chi connectivity index (χ4v) is 1.03. The summed E-state index contributed by atoms with van der Waals surface area (Å²) in [5, 5.41) is 0. The van der Waals surface area contributed by atoms with E-state index in [1.807, 2.05) is 36.4 Å². The quantitative estimate of drug-likeness (QED) is 0.438. The van der Waals surface area contributed by atoms with Gasteiger partial charge in [0.2, 0.25) is 0 Å². The minimum Gasteiger partial charge on any atom is -0.759 e. The summed E-state index contributed by atoms with van der Waals surface area (Å²) < 4.78 is 34.1. The molecule has 0 saturated heterocycles. The summed E-state index contributed by atoms with van der Waals surface area (Å²) >= 11 is 0. The number of aromatic nitrogens is 2. The molecule has 0 amide bonds. The summed E-state index contributed by atoms with van der Waals surface area (Å²) in [6.45, 7) is 0. The van der Waals surface area contributed by atoms with Gasteiger partial charge in [-0.1, -0.05) is 12.1 Å². The third-order valence-corrected chi connectivity index (χ3v) is 1.59. The van der Waals surface area contributed by atoms with Gasteiger partial charge in [-0.25, -0.2) is 0 Å². The molecule has 99 valence electrons. The predicted octanol–water partition coefficient (Wildman–Crippen LogP) is 0.803. The largest absolute Gasteiger partial charge is 2.00 e. The summed E-state index contributed by atoms with van der Waals surface area (Å²) in [7, 11) is -5.17. The molecule has 0 aliphatic rings. The Morgan fingerprint density at radius 1 is 0.833 bits per heavy atom. The summed E-state index contributed by atoms with van der Waals surface area (Å²) in [6, 6.07) is 11.6. The molecular weight excluding hydrogens is 308 g/mol. The van der Waals surface area contributed by atoms with E-state index >= 15 is 0 Å². The van der Waals surface area contributed by atoms with Gasteiger partial charge in [-0.05, 0) is 24.3 Å². The van der Waals surface area contributed by atoms with Crippen LogP contribution >= 0.6 is 0 Å². The molecule has 0 fully saturated rings. The Bertz CT molecular complexity index is 503. The molecule has 1 radical (unpaired) electrons. The molecule has 8 heteroatoms. The van der Waals surface area contributed by atoms with Gasteiger partial charge in [-0.15, -0.1) is 0 Å². The first kappa shape index (κ1) is 16.7. The summed E-state index contributed by atoms with van der Waals surface area (Å²) in [5.74, 6) is 0. The second kappa shape index (κ2) is 7.91. The van der Waals surface area contributed by atoms with Gasteiger partial charge in [0.1, 0.15) is 0 Å². The molecule has 0 spiro atoms. The van der Waals surface area contributed by atoms with E-state index in [0.717, 1.165) is 11.4 Å². The van der Waals surface area contributed by atoms with E-state index in [1.165, 1.54) is 0 Å². The average Bonchev–Trinajstić information content (AvgIpc) is 2.29. The van der Waals surface area contributed by atoms with Crippen molar-refractivity contribution in [3.05, 3.63) is 48.8 Å². The Balaban J connectivity index is 0.000000421. The van der Waals surface area contributed by atoms with Crippen LogP contribution < -0.4 is 0 Å². The number of rotatable bonds is 1. The molecular formula is C10H8CuN2O4S. The van der Waals surface area contributed by atoms with Crippen molar-refractivity contribution in [3.63, 3.8) is 0 Å². The van der Waals surface area contributed by atoms with Gasteiger partial charge >= 0.3 is 17.1 Å². The Labute approximate surface area is 115 Å². The topological polar surface area (TPSA) is 106 Å². The van der Waals surface area contributed by atoms with Gasteiger partial charge in [0.15, 0.2) is 0 Å². The van der Waals surface area contributed by atoms with Crippen molar-refractivity contribution in [3.8, 4) is 11.4 Å². The standard InChI is InChI=1S/C10H8N2.Cu.H2O4S/c1-3-7-11-9(5-1)10-6-2-4-8-12-10;;1-5(2,3)4/h1-8H;;(H2,1,2,3,4)/q;+2;/p-2. The van der Waals surface area contributed by atoms with Gasteiger partial charge < -0.3 is 9.11 Å². The van der Waals surface area contributed by atoms with Crippen LogP contribution in [0.1, 0.15) is 0 Å². The SMILES string of the molecule is O=S(=O)([O-])[O-].[Cu+2].c1ccc(-c2ccccn2)nc1. The first-order chi connectivity index (χ1) is 7.97. The molecule has 0 unspecified atom stereocenters. The van der Waals surface area contributed by atoms with Crippen LogP contribution in [0.25, 0.3) is 11.4 Å². The van der Waals surface area contributed by atoms with Crippen LogP contribution in [0.5, 0.6) is 0 Å². The zero-order valence-corrected chi connectivity index (χ0v) is 10.6. The number of pyridine rings is 2. The number of hydrogen-bond acceptors (Lipinski definition) is 6. The van der Waals surface area contributed by atoms with Crippen LogP contribution in [0.2, 0.25) is 0 Å². The average molecular weight is 316 g/mol. The predicted molar refractivity (Wildman–Crippen MR) is 57.9 cm³/mol. The first-order valence-electron chi connectivity index (χ1n) is 4.46. The second-order valence-corrected chi connectivity index (χ2v) is 3.65. The third-order valence-electron chi connectivity index (χ3n) is 1.59. The van der Waals surface area contributed by atoms with Gasteiger partial charge in [0, 0.05) is 22.8 Å². The Hall–Kier alpha value is -1.31. The minimum atomic E-state index is -5.17. The van der Waals surface area contributed by atoms with Gasteiger partial charge in [0.05, 0.1) is 11.4 Å². The van der Waals surface area contributed by atoms with E-state index < -0.39 is 10.4 Å². The maximum absolute atomic E-state index is 8.52. The van der Waals surface area contributed by atoms with E-state index in [4.69, 9.17) is 17.5 Å². The van der Waals surface area contributed by atoms with Crippen LogP contribution in [0.3, 0.4) is 0 Å². The zero-order chi connectivity index (χ0) is 12.7. The van der Waals surface area contributed by atoms with Crippen molar-refractivity contribution in [2.45, 2.75) is 0 Å². The number of nitrogens with zero attached hydrogens (tertiary/aromatic N) is 2. The Morgan fingerprint density at radius 2 is 1.17 bits per heavy atom. The van der Waals surface area contributed by atoms with Crippen molar-refractivity contribution < 1.29 is 34.6 Å². The monoisotopic (exact) mass is 315 g/mol. The van der Waals surface area contributed by atoms with Crippen molar-refractivity contribution in [1.82, 2.24) is 9.97 Å². The molecule has 18 heavy (non-hydrogen) atoms. The fourth-order valence-electron chi connectivity index (χ4n) is 1.03. The van der Waals surface area contributed by atoms with Crippen molar-refractivity contribution in [2.75, 3.05) is 0 Å². The van der Waals surface area contributed by atoms with Crippen LogP contribution in [-0.2, 0) is 27.5 Å². The normalized spacial score (nSPS) is 9.67. The molecule has 0 saturated carbocycles. The Kier molecular flexibility index (Phi) is 7.33. The fraction of sp³-hybridized carbons (Fsp3) is 0. The first-order valence-corrected chi connectivity index (χ1v) is 5.79. The molecule has 0 N–H and O–H groups in total. The zero-order valence-electron chi connectivity index (χ0n) is 8.86. The van der Waals surface area contributed by atoms with E-state index in [-0.39, 0.29) is 17.1 Å². The van der Waals surface area contributed by atoms with Crippen LogP contribution in [0, 0.1) is 0 Å². The minimum absolute atomic E-state index is 0. The van der Waals surface area contributed by atoms with Gasteiger partial charge in [-0.3, -0.25) is 18.4 Å². The van der Waals surface area contributed by atoms with Crippen LogP contribution in [-0.4, -0.2) is 27.5 Å². The van der Waals surface area contributed by atoms with Gasteiger partial charge in [0.25, 0.3) is 0 Å². The maximum Gasteiger partial charge on any atom is 2.00 e. The third kappa shape index (κ3) is 7.88. The summed E-state index contributed by atoms with van der Waals surface area (Å²) in [4.78, 5) is 8.37. The van der Waals surface area contributed by atoms with Crippen LogP contribution in [0.15, 0.2) is 48.8 Å². The summed E-state index contributed by atoms with van der Waals surface area (Å²) in [5.41, 5.74) is 1.83. The maximum atomic E-state index is 8.52. The van der Waals surface area contributed by atoms with Crippen molar-refractivity contribution in [2.24, 2.45) is 0 Å². The molecule has 2 heterocycles. The van der Waals surface area contributed by atoms with E-state index in [1.54, 1.807) is 12.4 Å². The molecule has 0 atom stereocenters. The molecule has 6 nitrogen and oxygen atoms in total. The second-order valence-electron chi connectivity index (χ2n) is 2.84.